The zero-order valence-electron chi connectivity index (χ0n) is 10.5. The van der Waals surface area contributed by atoms with Gasteiger partial charge >= 0.3 is 0 Å². The molecule has 0 spiro atoms. The molecule has 1 unspecified atom stereocenters. The highest BCUT2D eigenvalue weighted by molar-refractivity contribution is 9.10. The largest absolute Gasteiger partial charge is 0.387 e. The summed E-state index contributed by atoms with van der Waals surface area (Å²) in [6, 6.07) is 11.0. The van der Waals surface area contributed by atoms with Crippen molar-refractivity contribution in [2.24, 2.45) is 0 Å². The second-order valence-corrected chi connectivity index (χ2v) is 5.21. The van der Waals surface area contributed by atoms with Gasteiger partial charge in [-0.15, -0.1) is 0 Å². The van der Waals surface area contributed by atoms with Gasteiger partial charge < -0.3 is 15.0 Å². The van der Waals surface area contributed by atoms with E-state index in [1.54, 1.807) is 23.8 Å². The Bertz CT molecular complexity index is 578. The maximum Gasteiger partial charge on any atom is 0.244 e. The Kier molecular flexibility index (Phi) is 4.39. The molecule has 0 aliphatic carbocycles. The molecule has 1 aromatic carbocycles. The fraction of sp³-hybridized carbons (Fsp3) is 0.214. The van der Waals surface area contributed by atoms with Gasteiger partial charge in [0.15, 0.2) is 0 Å². The summed E-state index contributed by atoms with van der Waals surface area (Å²) in [5.41, 5.74) is 1.47. The molecule has 0 aliphatic heterocycles. The summed E-state index contributed by atoms with van der Waals surface area (Å²) in [7, 11) is 0. The minimum absolute atomic E-state index is 0.129. The van der Waals surface area contributed by atoms with E-state index in [9.17, 15) is 9.90 Å². The van der Waals surface area contributed by atoms with Crippen LogP contribution in [0.25, 0.3) is 0 Å². The molecule has 2 aromatic rings. The van der Waals surface area contributed by atoms with Crippen LogP contribution in [0.1, 0.15) is 18.7 Å². The van der Waals surface area contributed by atoms with E-state index in [0.29, 0.717) is 0 Å². The summed E-state index contributed by atoms with van der Waals surface area (Å²) in [5.74, 6) is -0.129. The number of rotatable bonds is 4. The van der Waals surface area contributed by atoms with Gasteiger partial charge in [0, 0.05) is 22.1 Å². The Morgan fingerprint density at radius 2 is 2.21 bits per heavy atom. The molecule has 100 valence electrons. The number of aliphatic hydroxyl groups excluding tert-OH is 1. The lowest BCUT2D eigenvalue weighted by atomic mass is 10.3. The number of carbonyl (C=O) groups is 1. The molecule has 0 saturated heterocycles. The summed E-state index contributed by atoms with van der Waals surface area (Å²) >= 11 is 3.35. The lowest BCUT2D eigenvalue weighted by Crippen LogP contribution is -2.20. The third-order valence-electron chi connectivity index (χ3n) is 2.72. The van der Waals surface area contributed by atoms with Crippen LogP contribution >= 0.6 is 15.9 Å². The van der Waals surface area contributed by atoms with Crippen molar-refractivity contribution < 1.29 is 9.90 Å². The fourth-order valence-electron chi connectivity index (χ4n) is 1.87. The van der Waals surface area contributed by atoms with Crippen LogP contribution in [0, 0.1) is 0 Å². The van der Waals surface area contributed by atoms with E-state index in [-0.39, 0.29) is 12.5 Å². The normalized spacial score (nSPS) is 12.2. The number of hydrogen-bond acceptors (Lipinski definition) is 2. The SMILES string of the molecule is CC(O)c1cccn1CC(=O)Nc1cccc(Br)c1. The van der Waals surface area contributed by atoms with Crippen LogP contribution in [0.15, 0.2) is 47.1 Å². The molecule has 4 nitrogen and oxygen atoms in total. The number of halogens is 1. The smallest absolute Gasteiger partial charge is 0.244 e. The van der Waals surface area contributed by atoms with Gasteiger partial charge in [-0.2, -0.15) is 0 Å². The lowest BCUT2D eigenvalue weighted by Gasteiger charge is -2.11. The second-order valence-electron chi connectivity index (χ2n) is 4.30. The summed E-state index contributed by atoms with van der Waals surface area (Å²) in [4.78, 5) is 11.9. The van der Waals surface area contributed by atoms with Crippen molar-refractivity contribution in [1.82, 2.24) is 4.57 Å². The highest BCUT2D eigenvalue weighted by Crippen LogP contribution is 2.16. The number of carbonyl (C=O) groups excluding carboxylic acids is 1. The molecule has 2 N–H and O–H groups in total. The van der Waals surface area contributed by atoms with Gasteiger partial charge in [0.2, 0.25) is 5.91 Å². The van der Waals surface area contributed by atoms with Crippen LogP contribution in [-0.4, -0.2) is 15.6 Å². The van der Waals surface area contributed by atoms with E-state index in [0.717, 1.165) is 15.9 Å². The van der Waals surface area contributed by atoms with Crippen LogP contribution in [0.4, 0.5) is 5.69 Å². The summed E-state index contributed by atoms with van der Waals surface area (Å²) in [5, 5.41) is 12.4. The average Bonchev–Trinajstić information content (AvgIpc) is 2.76. The zero-order valence-corrected chi connectivity index (χ0v) is 12.1. The van der Waals surface area contributed by atoms with Crippen molar-refractivity contribution in [3.8, 4) is 0 Å². The molecule has 1 atom stereocenters. The van der Waals surface area contributed by atoms with Gasteiger partial charge in [-0.3, -0.25) is 4.79 Å². The number of nitrogens with one attached hydrogen (secondary N) is 1. The minimum Gasteiger partial charge on any atom is -0.387 e. The molecule has 0 saturated carbocycles. The average molecular weight is 323 g/mol. The van der Waals surface area contributed by atoms with E-state index >= 15 is 0 Å². The van der Waals surface area contributed by atoms with Crippen molar-refractivity contribution in [2.75, 3.05) is 5.32 Å². The van der Waals surface area contributed by atoms with Crippen LogP contribution in [-0.2, 0) is 11.3 Å². The highest BCUT2D eigenvalue weighted by Gasteiger charge is 2.10. The van der Waals surface area contributed by atoms with E-state index in [1.807, 2.05) is 30.3 Å². The topological polar surface area (TPSA) is 54.3 Å². The number of nitrogens with zero attached hydrogens (tertiary/aromatic N) is 1. The predicted octanol–water partition coefficient (Wildman–Crippen LogP) is 2.94. The monoisotopic (exact) mass is 322 g/mol. The fourth-order valence-corrected chi connectivity index (χ4v) is 2.27. The van der Waals surface area contributed by atoms with Crippen LogP contribution in [0.3, 0.4) is 0 Å². The number of aromatic nitrogens is 1. The molecular weight excluding hydrogens is 308 g/mol. The summed E-state index contributed by atoms with van der Waals surface area (Å²) in [6.45, 7) is 1.86. The summed E-state index contributed by atoms with van der Waals surface area (Å²) < 4.78 is 2.65. The van der Waals surface area contributed by atoms with Crippen LogP contribution in [0.2, 0.25) is 0 Å². The van der Waals surface area contributed by atoms with Gasteiger partial charge in [0.25, 0.3) is 0 Å². The van der Waals surface area contributed by atoms with E-state index < -0.39 is 6.10 Å². The number of amides is 1. The van der Waals surface area contributed by atoms with Crippen molar-refractivity contribution in [1.29, 1.82) is 0 Å². The van der Waals surface area contributed by atoms with Gasteiger partial charge in [-0.25, -0.2) is 0 Å². The van der Waals surface area contributed by atoms with Gasteiger partial charge in [0.05, 0.1) is 6.10 Å². The lowest BCUT2D eigenvalue weighted by molar-refractivity contribution is -0.116. The quantitative estimate of drug-likeness (QED) is 0.909. The molecule has 1 amide bonds. The van der Waals surface area contributed by atoms with E-state index in [2.05, 4.69) is 21.2 Å². The Hall–Kier alpha value is -1.59. The molecule has 5 heteroatoms. The molecule has 0 radical (unpaired) electrons. The standard InChI is InChI=1S/C14H15BrN2O2/c1-10(18)13-6-3-7-17(13)9-14(19)16-12-5-2-4-11(15)8-12/h2-8,10,18H,9H2,1H3,(H,16,19). The van der Waals surface area contributed by atoms with E-state index in [4.69, 9.17) is 0 Å². The first-order chi connectivity index (χ1) is 9.06. The summed E-state index contributed by atoms with van der Waals surface area (Å²) in [6.07, 6.45) is 1.19. The predicted molar refractivity (Wildman–Crippen MR) is 77.8 cm³/mol. The Morgan fingerprint density at radius 1 is 1.42 bits per heavy atom. The van der Waals surface area contributed by atoms with Crippen molar-refractivity contribution in [3.63, 3.8) is 0 Å². The highest BCUT2D eigenvalue weighted by atomic mass is 79.9. The van der Waals surface area contributed by atoms with Crippen LogP contribution in [0.5, 0.6) is 0 Å². The maximum atomic E-state index is 11.9. The molecule has 1 aromatic heterocycles. The maximum absolute atomic E-state index is 11.9. The molecule has 0 aliphatic rings. The number of hydrogen-bond donors (Lipinski definition) is 2. The van der Waals surface area contributed by atoms with Gasteiger partial charge in [-0.1, -0.05) is 22.0 Å². The Morgan fingerprint density at radius 3 is 2.89 bits per heavy atom. The third-order valence-corrected chi connectivity index (χ3v) is 3.21. The van der Waals surface area contributed by atoms with Crippen molar-refractivity contribution in [2.45, 2.75) is 19.6 Å². The Balaban J connectivity index is 2.03. The molecule has 0 bridgehead atoms. The van der Waals surface area contributed by atoms with E-state index in [1.165, 1.54) is 0 Å². The number of benzene rings is 1. The van der Waals surface area contributed by atoms with Crippen LogP contribution < -0.4 is 5.32 Å². The number of aliphatic hydroxyl groups is 1. The number of anilines is 1. The molecule has 2 rings (SSSR count). The Labute approximate surface area is 120 Å². The molecule has 1 heterocycles. The minimum atomic E-state index is -0.589. The zero-order chi connectivity index (χ0) is 13.8. The molecular formula is C14H15BrN2O2. The first-order valence-electron chi connectivity index (χ1n) is 5.95. The van der Waals surface area contributed by atoms with Crippen molar-refractivity contribution in [3.05, 3.63) is 52.8 Å². The molecule has 0 fully saturated rings. The first-order valence-corrected chi connectivity index (χ1v) is 6.74. The third kappa shape index (κ3) is 3.68. The second kappa shape index (κ2) is 6.04. The first kappa shape index (κ1) is 13.8. The van der Waals surface area contributed by atoms with Crippen molar-refractivity contribution >= 4 is 27.5 Å². The van der Waals surface area contributed by atoms with Gasteiger partial charge in [-0.05, 0) is 37.3 Å². The van der Waals surface area contributed by atoms with Gasteiger partial charge in [0.1, 0.15) is 6.54 Å². The molecule has 19 heavy (non-hydrogen) atoms.